The Morgan fingerprint density at radius 1 is 1.12 bits per heavy atom. The number of aliphatic hydroxyl groups is 1. The van der Waals surface area contributed by atoms with Gasteiger partial charge in [-0.15, -0.1) is 5.12 Å². The predicted octanol–water partition coefficient (Wildman–Crippen LogP) is 4.77. The number of hydrogen-bond acceptors (Lipinski definition) is 6. The van der Waals surface area contributed by atoms with Crippen molar-refractivity contribution in [2.45, 2.75) is 50.5 Å². The number of aliphatic hydroxyl groups excluding tert-OH is 1. The highest BCUT2D eigenvalue weighted by Crippen LogP contribution is 2.48. The molecule has 1 aliphatic carbocycles. The fourth-order valence-electron chi connectivity index (χ4n) is 5.09. The molecule has 0 bridgehead atoms. The molecule has 2 amide bonds. The van der Waals surface area contributed by atoms with Crippen molar-refractivity contribution in [2.24, 2.45) is 0 Å². The van der Waals surface area contributed by atoms with Crippen LogP contribution in [0.5, 0.6) is 0 Å². The Morgan fingerprint density at radius 2 is 1.80 bits per heavy atom. The fraction of sp³-hybridized carbons (Fsp3) is 0.310. The van der Waals surface area contributed by atoms with E-state index in [1.54, 1.807) is 42.5 Å². The second-order valence-corrected chi connectivity index (χ2v) is 11.1. The van der Waals surface area contributed by atoms with Gasteiger partial charge in [0.15, 0.2) is 0 Å². The zero-order valence-corrected chi connectivity index (χ0v) is 23.2. The molecule has 0 radical (unpaired) electrons. The third-order valence-electron chi connectivity index (χ3n) is 7.21. The summed E-state index contributed by atoms with van der Waals surface area (Å²) in [5.41, 5.74) is -1.16. The van der Waals surface area contributed by atoms with E-state index in [0.29, 0.717) is 45.3 Å². The van der Waals surface area contributed by atoms with Crippen molar-refractivity contribution < 1.29 is 28.7 Å². The number of ether oxygens (including phenoxy) is 1. The van der Waals surface area contributed by atoms with Gasteiger partial charge in [-0.25, -0.2) is 0 Å². The Balaban J connectivity index is 1.69. The second-order valence-electron chi connectivity index (χ2n) is 10.2. The number of pyridine rings is 1. The molecule has 40 heavy (non-hydrogen) atoms. The Hall–Kier alpha value is -3.37. The van der Waals surface area contributed by atoms with Crippen LogP contribution in [0.2, 0.25) is 10.0 Å². The molecular weight excluding hydrogens is 560 g/mol. The van der Waals surface area contributed by atoms with E-state index in [1.165, 1.54) is 26.1 Å². The van der Waals surface area contributed by atoms with Gasteiger partial charge in [-0.1, -0.05) is 51.9 Å². The largest absolute Gasteiger partial charge is 0.385 e. The smallest absolute Gasteiger partial charge is 0.285 e. The lowest BCUT2D eigenvalue weighted by atomic mass is 9.86. The number of nitrogens with one attached hydrogen (secondary N) is 1. The van der Waals surface area contributed by atoms with E-state index >= 15 is 4.48 Å². The highest BCUT2D eigenvalue weighted by molar-refractivity contribution is 6.30. The van der Waals surface area contributed by atoms with Crippen molar-refractivity contribution in [3.05, 3.63) is 87.2 Å². The van der Waals surface area contributed by atoms with Crippen LogP contribution >= 0.6 is 23.2 Å². The number of carbonyl (C=O) groups excluding carboxylic acids is 3. The molecule has 0 spiro atoms. The third-order valence-corrected chi connectivity index (χ3v) is 7.69. The number of Topliss-reactive ketones (excluding diaryl/α,β-unsaturated/α-hetero) is 1. The maximum absolute atomic E-state index is 16.1. The normalized spacial score (nSPS) is 19.8. The molecule has 1 fully saturated rings. The Kier molecular flexibility index (Phi) is 7.43. The Labute approximate surface area is 240 Å². The van der Waals surface area contributed by atoms with E-state index in [9.17, 15) is 19.5 Å². The van der Waals surface area contributed by atoms with E-state index in [0.717, 1.165) is 0 Å². The lowest BCUT2D eigenvalue weighted by molar-refractivity contribution is -0.215. The van der Waals surface area contributed by atoms with Gasteiger partial charge in [0.1, 0.15) is 6.10 Å². The zero-order valence-electron chi connectivity index (χ0n) is 21.7. The first-order valence-corrected chi connectivity index (χ1v) is 13.4. The van der Waals surface area contributed by atoms with Crippen molar-refractivity contribution in [2.75, 3.05) is 6.61 Å². The summed E-state index contributed by atoms with van der Waals surface area (Å²) in [7, 11) is 0. The van der Waals surface area contributed by atoms with Crippen LogP contribution < -0.4 is 5.32 Å². The van der Waals surface area contributed by atoms with Gasteiger partial charge in [0.05, 0.1) is 22.7 Å². The van der Waals surface area contributed by atoms with Gasteiger partial charge < -0.3 is 15.2 Å². The molecule has 1 aromatic heterocycles. The summed E-state index contributed by atoms with van der Waals surface area (Å²) in [6.45, 7) is 2.29. The average molecular weight is 586 g/mol. The summed E-state index contributed by atoms with van der Waals surface area (Å²) in [4.78, 5) is 43.2. The van der Waals surface area contributed by atoms with E-state index in [-0.39, 0.29) is 35.2 Å². The SMILES string of the molecule is CC(=O)NC1(CO[C@@]2(C(=O)C(C)O)c3ccc(-c4ccc(Cl)cc4)c(Cc4ccc(Cl)cn4)c3C(=O)N2F)CC1. The minimum Gasteiger partial charge on any atom is -0.385 e. The van der Waals surface area contributed by atoms with E-state index in [4.69, 9.17) is 27.9 Å². The minimum atomic E-state index is -2.55. The van der Waals surface area contributed by atoms with Crippen LogP contribution in [0.15, 0.2) is 54.7 Å². The third kappa shape index (κ3) is 4.99. The van der Waals surface area contributed by atoms with Gasteiger partial charge in [0.2, 0.25) is 11.7 Å². The topological polar surface area (TPSA) is 109 Å². The van der Waals surface area contributed by atoms with Crippen molar-refractivity contribution in [1.82, 2.24) is 15.4 Å². The molecule has 3 aromatic rings. The first kappa shape index (κ1) is 28.2. The maximum atomic E-state index is 16.1. The van der Waals surface area contributed by atoms with Crippen LogP contribution in [0.4, 0.5) is 4.48 Å². The Morgan fingerprint density at radius 3 is 2.38 bits per heavy atom. The molecule has 2 heterocycles. The Bertz CT molecular complexity index is 1490. The first-order chi connectivity index (χ1) is 19.0. The molecule has 208 valence electrons. The van der Waals surface area contributed by atoms with Gasteiger partial charge in [0, 0.05) is 35.8 Å². The number of halogens is 3. The summed E-state index contributed by atoms with van der Waals surface area (Å²) in [6, 6.07) is 13.4. The predicted molar refractivity (Wildman–Crippen MR) is 146 cm³/mol. The van der Waals surface area contributed by atoms with Crippen molar-refractivity contribution >= 4 is 40.8 Å². The molecule has 5 rings (SSSR count). The number of carbonyl (C=O) groups is 3. The number of ketones is 1. The van der Waals surface area contributed by atoms with Gasteiger partial charge in [-0.3, -0.25) is 19.4 Å². The van der Waals surface area contributed by atoms with Crippen LogP contribution in [0.3, 0.4) is 0 Å². The van der Waals surface area contributed by atoms with Gasteiger partial charge in [-0.05, 0) is 60.7 Å². The van der Waals surface area contributed by atoms with Gasteiger partial charge in [-0.2, -0.15) is 0 Å². The standard InChI is InChI=1S/C29H26Cl2FN3O5/c1-16(36)26(38)29(40-15-28(11-12-28)34-17(2)37)24-10-9-22(18-3-5-19(30)6-4-18)23(25(24)27(39)35(29)32)13-21-8-7-20(31)14-33-21/h3-10,14,16,36H,11-13,15H2,1-2H3,(H,34,37)/t16?,29-/m1/s1. The molecule has 8 nitrogen and oxygen atoms in total. The van der Waals surface area contributed by atoms with Gasteiger partial charge in [0.25, 0.3) is 11.6 Å². The highest BCUT2D eigenvalue weighted by atomic mass is 35.5. The van der Waals surface area contributed by atoms with Gasteiger partial charge >= 0.3 is 0 Å². The van der Waals surface area contributed by atoms with Crippen molar-refractivity contribution in [1.29, 1.82) is 0 Å². The summed E-state index contributed by atoms with van der Waals surface area (Å²) >= 11 is 12.1. The van der Waals surface area contributed by atoms with Crippen LogP contribution in [0, 0.1) is 0 Å². The van der Waals surface area contributed by atoms with Crippen LogP contribution in [0.25, 0.3) is 11.1 Å². The number of amides is 2. The summed E-state index contributed by atoms with van der Waals surface area (Å²) in [5.74, 6) is -2.44. The van der Waals surface area contributed by atoms with E-state index in [2.05, 4.69) is 10.3 Å². The minimum absolute atomic E-state index is 0.0359. The number of hydrogen-bond donors (Lipinski definition) is 2. The lowest BCUT2D eigenvalue weighted by Crippen LogP contribution is -2.54. The molecule has 1 unspecified atom stereocenters. The average Bonchev–Trinajstić information content (AvgIpc) is 3.64. The molecular formula is C29H26Cl2FN3O5. The van der Waals surface area contributed by atoms with Crippen molar-refractivity contribution in [3.8, 4) is 11.1 Å². The van der Waals surface area contributed by atoms with Crippen LogP contribution in [-0.2, 0) is 26.5 Å². The molecule has 2 N–H and O–H groups in total. The summed E-state index contributed by atoms with van der Waals surface area (Å²) in [5, 5.41) is 13.8. The fourth-order valence-corrected chi connectivity index (χ4v) is 5.33. The summed E-state index contributed by atoms with van der Waals surface area (Å²) in [6.07, 6.45) is 1.02. The monoisotopic (exact) mass is 585 g/mol. The van der Waals surface area contributed by atoms with E-state index < -0.39 is 29.1 Å². The number of fused-ring (bicyclic) bond motifs is 1. The first-order valence-electron chi connectivity index (χ1n) is 12.7. The molecule has 1 aliphatic heterocycles. The molecule has 2 atom stereocenters. The number of nitrogens with zero attached hydrogens (tertiary/aromatic N) is 2. The molecule has 2 aliphatic rings. The molecule has 11 heteroatoms. The molecule has 1 saturated carbocycles. The second kappa shape index (κ2) is 10.6. The van der Waals surface area contributed by atoms with E-state index in [1.807, 2.05) is 0 Å². The summed E-state index contributed by atoms with van der Waals surface area (Å²) < 4.78 is 22.1. The van der Waals surface area contributed by atoms with Crippen LogP contribution in [-0.4, -0.2) is 51.1 Å². The number of rotatable bonds is 9. The molecule has 0 saturated heterocycles. The highest BCUT2D eigenvalue weighted by Gasteiger charge is 2.61. The number of benzene rings is 2. The van der Waals surface area contributed by atoms with Crippen LogP contribution in [0.1, 0.15) is 53.9 Å². The molecule has 2 aromatic carbocycles. The number of aromatic nitrogens is 1. The zero-order chi connectivity index (χ0) is 28.8. The quantitative estimate of drug-likeness (QED) is 0.350. The maximum Gasteiger partial charge on any atom is 0.285 e. The lowest BCUT2D eigenvalue weighted by Gasteiger charge is -2.34. The van der Waals surface area contributed by atoms with Crippen molar-refractivity contribution in [3.63, 3.8) is 0 Å².